The van der Waals surface area contributed by atoms with Crippen molar-refractivity contribution in [1.29, 1.82) is 0 Å². The normalized spacial score (nSPS) is 19.9. The van der Waals surface area contributed by atoms with Crippen molar-refractivity contribution in [3.05, 3.63) is 23.3 Å². The van der Waals surface area contributed by atoms with Crippen LogP contribution in [-0.2, 0) is 10.0 Å². The number of piperazine rings is 1. The van der Waals surface area contributed by atoms with Gasteiger partial charge in [-0.25, -0.2) is 8.42 Å². The standard InChI is InChI=1S/C14H22N2O3S.ClH/c1-10-7-11(2)14(19-4)13(8-10)20(17,18)16-6-5-15-12(3)9-16;/h7-8,12,15H,5-6,9H2,1-4H3;1H. The van der Waals surface area contributed by atoms with E-state index in [2.05, 4.69) is 5.32 Å². The van der Waals surface area contributed by atoms with E-state index >= 15 is 0 Å². The third-order valence-electron chi connectivity index (χ3n) is 3.54. The van der Waals surface area contributed by atoms with Crippen LogP contribution in [0.15, 0.2) is 17.0 Å². The van der Waals surface area contributed by atoms with Gasteiger partial charge in [0.25, 0.3) is 0 Å². The lowest BCUT2D eigenvalue weighted by atomic mass is 10.1. The predicted octanol–water partition coefficient (Wildman–Crippen LogP) is 1.72. The fourth-order valence-corrected chi connectivity index (χ4v) is 4.47. The van der Waals surface area contributed by atoms with Crippen LogP contribution in [-0.4, -0.2) is 45.5 Å². The molecule has 0 amide bonds. The zero-order chi connectivity index (χ0) is 14.9. The molecule has 0 aromatic heterocycles. The van der Waals surface area contributed by atoms with Gasteiger partial charge in [-0.3, -0.25) is 0 Å². The highest BCUT2D eigenvalue weighted by Gasteiger charge is 2.31. The van der Waals surface area contributed by atoms with E-state index < -0.39 is 10.0 Å². The third-order valence-corrected chi connectivity index (χ3v) is 5.41. The van der Waals surface area contributed by atoms with Crippen molar-refractivity contribution in [2.24, 2.45) is 0 Å². The second kappa shape index (κ2) is 6.96. The van der Waals surface area contributed by atoms with Crippen LogP contribution in [0.25, 0.3) is 0 Å². The lowest BCUT2D eigenvalue weighted by Crippen LogP contribution is -2.51. The van der Waals surface area contributed by atoms with Crippen molar-refractivity contribution in [1.82, 2.24) is 9.62 Å². The molecular formula is C14H23ClN2O3S. The average Bonchev–Trinajstić information content (AvgIpc) is 2.38. The molecule has 1 saturated heterocycles. The Morgan fingerprint density at radius 2 is 2.00 bits per heavy atom. The van der Waals surface area contributed by atoms with Gasteiger partial charge in [-0.05, 0) is 38.0 Å². The van der Waals surface area contributed by atoms with Gasteiger partial charge in [-0.15, -0.1) is 12.4 Å². The minimum atomic E-state index is -3.51. The van der Waals surface area contributed by atoms with Crippen molar-refractivity contribution in [2.75, 3.05) is 26.7 Å². The van der Waals surface area contributed by atoms with Gasteiger partial charge in [0.1, 0.15) is 10.6 Å². The lowest BCUT2D eigenvalue weighted by molar-refractivity contribution is 0.308. The smallest absolute Gasteiger partial charge is 0.246 e. The molecular weight excluding hydrogens is 312 g/mol. The summed E-state index contributed by atoms with van der Waals surface area (Å²) in [5.74, 6) is 0.446. The van der Waals surface area contributed by atoms with Crippen LogP contribution in [0.3, 0.4) is 0 Å². The van der Waals surface area contributed by atoms with Gasteiger partial charge in [0.15, 0.2) is 0 Å². The highest BCUT2D eigenvalue weighted by molar-refractivity contribution is 7.89. The maximum atomic E-state index is 12.8. The molecule has 1 atom stereocenters. The fraction of sp³-hybridized carbons (Fsp3) is 0.571. The summed E-state index contributed by atoms with van der Waals surface area (Å²) < 4.78 is 32.5. The van der Waals surface area contributed by atoms with Crippen LogP contribution in [0.2, 0.25) is 0 Å². The van der Waals surface area contributed by atoms with Gasteiger partial charge in [-0.2, -0.15) is 4.31 Å². The number of sulfonamides is 1. The summed E-state index contributed by atoms with van der Waals surface area (Å²) in [4.78, 5) is 0.270. The van der Waals surface area contributed by atoms with Crippen LogP contribution < -0.4 is 10.1 Å². The minimum Gasteiger partial charge on any atom is -0.495 e. The summed E-state index contributed by atoms with van der Waals surface area (Å²) in [6.45, 7) is 7.40. The summed E-state index contributed by atoms with van der Waals surface area (Å²) in [5, 5.41) is 3.25. The molecule has 1 N–H and O–H groups in total. The number of nitrogens with one attached hydrogen (secondary N) is 1. The number of halogens is 1. The molecule has 1 unspecified atom stereocenters. The van der Waals surface area contributed by atoms with Gasteiger partial charge >= 0.3 is 0 Å². The van der Waals surface area contributed by atoms with E-state index in [1.165, 1.54) is 11.4 Å². The monoisotopic (exact) mass is 334 g/mol. The summed E-state index contributed by atoms with van der Waals surface area (Å²) in [7, 11) is -2.00. The van der Waals surface area contributed by atoms with E-state index in [1.54, 1.807) is 6.07 Å². The number of ether oxygens (including phenoxy) is 1. The number of rotatable bonds is 3. The molecule has 0 radical (unpaired) electrons. The zero-order valence-corrected chi connectivity index (χ0v) is 14.5. The van der Waals surface area contributed by atoms with E-state index in [0.717, 1.165) is 11.1 Å². The Kier molecular flexibility index (Phi) is 6.04. The third kappa shape index (κ3) is 3.69. The van der Waals surface area contributed by atoms with Gasteiger partial charge < -0.3 is 10.1 Å². The van der Waals surface area contributed by atoms with Crippen LogP contribution in [0, 0.1) is 13.8 Å². The Balaban J connectivity index is 0.00000220. The maximum absolute atomic E-state index is 12.8. The lowest BCUT2D eigenvalue weighted by Gasteiger charge is -2.31. The summed E-state index contributed by atoms with van der Waals surface area (Å²) in [6, 6.07) is 3.78. The van der Waals surface area contributed by atoms with Crippen molar-refractivity contribution in [3.8, 4) is 5.75 Å². The first kappa shape index (κ1) is 18.2. The predicted molar refractivity (Wildman–Crippen MR) is 85.9 cm³/mol. The van der Waals surface area contributed by atoms with Crippen LogP contribution >= 0.6 is 12.4 Å². The minimum absolute atomic E-state index is 0. The van der Waals surface area contributed by atoms with Crippen molar-refractivity contribution in [3.63, 3.8) is 0 Å². The highest BCUT2D eigenvalue weighted by Crippen LogP contribution is 2.31. The largest absolute Gasteiger partial charge is 0.495 e. The van der Waals surface area contributed by atoms with E-state index in [9.17, 15) is 8.42 Å². The number of nitrogens with zero attached hydrogens (tertiary/aromatic N) is 1. The molecule has 2 rings (SSSR count). The molecule has 21 heavy (non-hydrogen) atoms. The van der Waals surface area contributed by atoms with Gasteiger partial charge in [0.05, 0.1) is 7.11 Å². The quantitative estimate of drug-likeness (QED) is 0.914. The Morgan fingerprint density at radius 3 is 2.57 bits per heavy atom. The topological polar surface area (TPSA) is 58.6 Å². The van der Waals surface area contributed by atoms with Crippen molar-refractivity contribution < 1.29 is 13.2 Å². The number of hydrogen-bond acceptors (Lipinski definition) is 4. The molecule has 1 fully saturated rings. The van der Waals surface area contributed by atoms with Crippen molar-refractivity contribution >= 4 is 22.4 Å². The Morgan fingerprint density at radius 1 is 1.33 bits per heavy atom. The molecule has 1 aromatic rings. The first-order valence-electron chi connectivity index (χ1n) is 6.75. The maximum Gasteiger partial charge on any atom is 0.246 e. The second-order valence-corrected chi connectivity index (χ2v) is 7.24. The van der Waals surface area contributed by atoms with E-state index in [0.29, 0.717) is 25.4 Å². The average molecular weight is 335 g/mol. The molecule has 0 saturated carbocycles. The van der Waals surface area contributed by atoms with E-state index in [-0.39, 0.29) is 23.3 Å². The molecule has 0 bridgehead atoms. The molecule has 7 heteroatoms. The van der Waals surface area contributed by atoms with E-state index in [4.69, 9.17) is 4.74 Å². The molecule has 0 spiro atoms. The molecule has 1 heterocycles. The van der Waals surface area contributed by atoms with Crippen LogP contribution in [0.5, 0.6) is 5.75 Å². The Labute approximate surface area is 133 Å². The zero-order valence-electron chi connectivity index (χ0n) is 12.8. The molecule has 120 valence electrons. The van der Waals surface area contributed by atoms with Crippen LogP contribution in [0.4, 0.5) is 0 Å². The van der Waals surface area contributed by atoms with E-state index in [1.807, 2.05) is 26.8 Å². The van der Waals surface area contributed by atoms with Gasteiger partial charge in [0.2, 0.25) is 10.0 Å². The number of hydrogen-bond donors (Lipinski definition) is 1. The highest BCUT2D eigenvalue weighted by atomic mass is 35.5. The number of benzene rings is 1. The summed E-state index contributed by atoms with van der Waals surface area (Å²) >= 11 is 0. The molecule has 5 nitrogen and oxygen atoms in total. The molecule has 0 aliphatic carbocycles. The number of methoxy groups -OCH3 is 1. The summed E-state index contributed by atoms with van der Waals surface area (Å²) in [5.41, 5.74) is 1.76. The fourth-order valence-electron chi connectivity index (χ4n) is 2.62. The Bertz CT molecular complexity index is 604. The molecule has 1 aromatic carbocycles. The first-order valence-corrected chi connectivity index (χ1v) is 8.19. The van der Waals surface area contributed by atoms with Gasteiger partial charge in [-0.1, -0.05) is 6.07 Å². The van der Waals surface area contributed by atoms with Gasteiger partial charge in [0, 0.05) is 25.7 Å². The van der Waals surface area contributed by atoms with Crippen LogP contribution in [0.1, 0.15) is 18.1 Å². The number of aryl methyl sites for hydroxylation is 2. The molecule has 1 aliphatic heterocycles. The SMILES string of the molecule is COc1c(C)cc(C)cc1S(=O)(=O)N1CCNC(C)C1.Cl. The summed E-state index contributed by atoms with van der Waals surface area (Å²) in [6.07, 6.45) is 0. The second-order valence-electron chi connectivity index (χ2n) is 5.33. The first-order chi connectivity index (χ1) is 9.36. The van der Waals surface area contributed by atoms with Crippen molar-refractivity contribution in [2.45, 2.75) is 31.7 Å². The Hall–Kier alpha value is -0.820. The molecule has 1 aliphatic rings.